The van der Waals surface area contributed by atoms with E-state index in [1.54, 1.807) is 13.0 Å². The molecule has 0 atom stereocenters. The van der Waals surface area contributed by atoms with Crippen LogP contribution < -0.4 is 0 Å². The first-order valence-electron chi connectivity index (χ1n) is 8.62. The largest absolute Gasteiger partial charge is 0.462 e. The highest BCUT2D eigenvalue weighted by Crippen LogP contribution is 2.39. The molecule has 0 radical (unpaired) electrons. The molecule has 0 spiro atoms. The number of benzene rings is 2. The van der Waals surface area contributed by atoms with Crippen molar-refractivity contribution < 1.29 is 19.4 Å². The average molecular weight is 456 g/mol. The number of carbonyl (C=O) groups excluding carboxylic acids is 1. The molecule has 2 aromatic carbocycles. The van der Waals surface area contributed by atoms with E-state index in [-0.39, 0.29) is 23.6 Å². The molecule has 0 aliphatic carbocycles. The molecule has 0 N–H and O–H groups in total. The second-order valence-electron chi connectivity index (χ2n) is 5.87. The number of hydrogen-bond acceptors (Lipinski definition) is 10. The highest BCUT2D eigenvalue weighted by molar-refractivity contribution is 8.01. The van der Waals surface area contributed by atoms with E-state index in [9.17, 15) is 25.0 Å². The Kier molecular flexibility index (Phi) is 6.58. The van der Waals surface area contributed by atoms with Gasteiger partial charge in [0.15, 0.2) is 4.34 Å². The molecule has 1 heterocycles. The third-order valence-corrected chi connectivity index (χ3v) is 6.01. The Morgan fingerprint density at radius 3 is 2.68 bits per heavy atom. The summed E-state index contributed by atoms with van der Waals surface area (Å²) in [4.78, 5) is 37.8. The molecule has 0 aliphatic heterocycles. The van der Waals surface area contributed by atoms with Crippen molar-refractivity contribution in [3.8, 4) is 6.07 Å². The minimum atomic E-state index is -0.810. The first-order chi connectivity index (χ1) is 14.8. The molecule has 3 rings (SSSR count). The van der Waals surface area contributed by atoms with Gasteiger partial charge in [-0.2, -0.15) is 5.26 Å². The summed E-state index contributed by atoms with van der Waals surface area (Å²) in [5, 5.41) is 31.6. The molecule has 31 heavy (non-hydrogen) atoms. The summed E-state index contributed by atoms with van der Waals surface area (Å²) in [6.07, 6.45) is 1.22. The molecule has 1 aromatic heterocycles. The molecular weight excluding hydrogens is 444 g/mol. The molecule has 156 valence electrons. The van der Waals surface area contributed by atoms with Gasteiger partial charge in [-0.1, -0.05) is 17.8 Å². The van der Waals surface area contributed by atoms with E-state index in [1.165, 1.54) is 53.8 Å². The lowest BCUT2D eigenvalue weighted by atomic mass is 10.1. The van der Waals surface area contributed by atoms with Gasteiger partial charge in [0.2, 0.25) is 0 Å². The van der Waals surface area contributed by atoms with Crippen LogP contribution in [0.5, 0.6) is 0 Å². The van der Waals surface area contributed by atoms with Gasteiger partial charge in [-0.3, -0.25) is 20.2 Å². The monoisotopic (exact) mass is 456 g/mol. The summed E-state index contributed by atoms with van der Waals surface area (Å²) in [5.74, 6) is -0.810. The van der Waals surface area contributed by atoms with Crippen LogP contribution in [0.2, 0.25) is 0 Å². The molecule has 0 saturated heterocycles. The van der Waals surface area contributed by atoms with Gasteiger partial charge in [0.25, 0.3) is 11.4 Å². The lowest BCUT2D eigenvalue weighted by Gasteiger charge is -2.03. The molecule has 12 heteroatoms. The summed E-state index contributed by atoms with van der Waals surface area (Å²) >= 11 is 2.23. The van der Waals surface area contributed by atoms with Crippen molar-refractivity contribution in [1.82, 2.24) is 4.98 Å². The number of nitrogens with zero attached hydrogens (tertiary/aromatic N) is 4. The Morgan fingerprint density at radius 2 is 2.03 bits per heavy atom. The van der Waals surface area contributed by atoms with Crippen LogP contribution in [-0.4, -0.2) is 27.4 Å². The molecule has 0 fully saturated rings. The van der Waals surface area contributed by atoms with Gasteiger partial charge in [0.05, 0.1) is 31.6 Å². The lowest BCUT2D eigenvalue weighted by Crippen LogP contribution is -2.06. The van der Waals surface area contributed by atoms with Gasteiger partial charge in [0.1, 0.15) is 11.6 Å². The van der Waals surface area contributed by atoms with E-state index in [1.807, 2.05) is 0 Å². The number of nitro groups is 2. The van der Waals surface area contributed by atoms with Crippen LogP contribution in [0.3, 0.4) is 0 Å². The smallest absolute Gasteiger partial charge is 0.348 e. The van der Waals surface area contributed by atoms with E-state index in [0.717, 1.165) is 11.8 Å². The molecule has 0 unspecified atom stereocenters. The van der Waals surface area contributed by atoms with Crippen LogP contribution in [0.15, 0.2) is 51.2 Å². The Bertz CT molecular complexity index is 1280. The van der Waals surface area contributed by atoms with Crippen LogP contribution in [0.4, 0.5) is 11.4 Å². The van der Waals surface area contributed by atoms with Crippen molar-refractivity contribution in [2.45, 2.75) is 16.2 Å². The van der Waals surface area contributed by atoms with E-state index in [2.05, 4.69) is 4.98 Å². The fourth-order valence-electron chi connectivity index (χ4n) is 2.51. The fraction of sp³-hybridized carbons (Fsp3) is 0.105. The minimum Gasteiger partial charge on any atom is -0.462 e. The molecule has 0 saturated carbocycles. The summed E-state index contributed by atoms with van der Waals surface area (Å²) in [7, 11) is 0. The van der Waals surface area contributed by atoms with Crippen molar-refractivity contribution >= 4 is 56.7 Å². The van der Waals surface area contributed by atoms with Crippen molar-refractivity contribution in [2.75, 3.05) is 6.61 Å². The van der Waals surface area contributed by atoms with Gasteiger partial charge < -0.3 is 4.74 Å². The summed E-state index contributed by atoms with van der Waals surface area (Å²) < 4.78 is 5.85. The standard InChI is InChI=1S/C19H12N4O6S2/c1-2-29-18(24)12(10-20)7-11-3-6-16(15(8-11)23(27)28)30-19-21-14-5-4-13(22(25)26)9-17(14)31-19/h3-9H,2H2,1H3/b12-7+. The Balaban J connectivity index is 1.94. The maximum absolute atomic E-state index is 11.8. The number of rotatable bonds is 7. The van der Waals surface area contributed by atoms with Gasteiger partial charge in [-0.15, -0.1) is 11.3 Å². The second kappa shape index (κ2) is 9.33. The second-order valence-corrected chi connectivity index (χ2v) is 8.19. The van der Waals surface area contributed by atoms with Crippen LogP contribution in [0, 0.1) is 31.6 Å². The zero-order valence-electron chi connectivity index (χ0n) is 15.8. The first kappa shape index (κ1) is 21.9. The van der Waals surface area contributed by atoms with E-state index >= 15 is 0 Å². The third-order valence-electron chi connectivity index (χ3n) is 3.87. The number of ether oxygens (including phenoxy) is 1. The SMILES string of the molecule is CCOC(=O)/C(C#N)=C/c1ccc(Sc2nc3ccc([N+](=O)[O-])cc3s2)c([N+](=O)[O-])c1. The van der Waals surface area contributed by atoms with Crippen molar-refractivity contribution in [3.63, 3.8) is 0 Å². The predicted octanol–water partition coefficient (Wildman–Crippen LogP) is 4.73. The number of hydrogen-bond donors (Lipinski definition) is 0. The Morgan fingerprint density at radius 1 is 1.26 bits per heavy atom. The highest BCUT2D eigenvalue weighted by Gasteiger charge is 2.19. The summed E-state index contributed by atoms with van der Waals surface area (Å²) in [5.41, 5.74) is 0.271. The topological polar surface area (TPSA) is 149 Å². The number of non-ortho nitro benzene ring substituents is 1. The van der Waals surface area contributed by atoms with Gasteiger partial charge in [0, 0.05) is 18.2 Å². The first-order valence-corrected chi connectivity index (χ1v) is 10.3. The normalized spacial score (nSPS) is 11.2. The minimum absolute atomic E-state index is 0.0651. The lowest BCUT2D eigenvalue weighted by molar-refractivity contribution is -0.387. The third kappa shape index (κ3) is 5.03. The number of esters is 1. The molecule has 10 nitrogen and oxygen atoms in total. The summed E-state index contributed by atoms with van der Waals surface area (Å²) in [6.45, 7) is 1.70. The number of nitriles is 1. The maximum Gasteiger partial charge on any atom is 0.348 e. The van der Waals surface area contributed by atoms with E-state index in [0.29, 0.717) is 25.0 Å². The van der Waals surface area contributed by atoms with Gasteiger partial charge >= 0.3 is 5.97 Å². The van der Waals surface area contributed by atoms with Crippen molar-refractivity contribution in [2.24, 2.45) is 0 Å². The zero-order chi connectivity index (χ0) is 22.5. The quantitative estimate of drug-likeness (QED) is 0.161. The van der Waals surface area contributed by atoms with Crippen molar-refractivity contribution in [1.29, 1.82) is 5.26 Å². The van der Waals surface area contributed by atoms with Crippen LogP contribution in [-0.2, 0) is 9.53 Å². The number of carbonyl (C=O) groups is 1. The Labute approximate surface area is 183 Å². The van der Waals surface area contributed by atoms with Crippen LogP contribution in [0.1, 0.15) is 12.5 Å². The molecular formula is C19H12N4O6S2. The van der Waals surface area contributed by atoms with E-state index in [4.69, 9.17) is 10.00 Å². The number of nitro benzene ring substituents is 2. The molecule has 3 aromatic rings. The number of thiazole rings is 1. The molecule has 0 aliphatic rings. The van der Waals surface area contributed by atoms with E-state index < -0.39 is 15.8 Å². The van der Waals surface area contributed by atoms with Crippen LogP contribution >= 0.6 is 23.1 Å². The molecule has 0 amide bonds. The Hall–Kier alpha value is -3.82. The predicted molar refractivity (Wildman–Crippen MR) is 114 cm³/mol. The highest BCUT2D eigenvalue weighted by atomic mass is 32.2. The number of aromatic nitrogens is 1. The van der Waals surface area contributed by atoms with Crippen molar-refractivity contribution in [3.05, 3.63) is 67.8 Å². The average Bonchev–Trinajstić information content (AvgIpc) is 3.14. The molecule has 0 bridgehead atoms. The summed E-state index contributed by atoms with van der Waals surface area (Å²) in [6, 6.07) is 10.3. The maximum atomic E-state index is 11.8. The fourth-order valence-corrected chi connectivity index (χ4v) is 4.65. The van der Waals surface area contributed by atoms with Crippen LogP contribution in [0.25, 0.3) is 16.3 Å². The zero-order valence-corrected chi connectivity index (χ0v) is 17.4. The van der Waals surface area contributed by atoms with Gasteiger partial charge in [-0.25, -0.2) is 9.78 Å². The number of fused-ring (bicyclic) bond motifs is 1. The van der Waals surface area contributed by atoms with Gasteiger partial charge in [-0.05, 0) is 30.7 Å².